The average Bonchev–Trinajstić information content (AvgIpc) is 2.46. The van der Waals surface area contributed by atoms with Crippen LogP contribution < -0.4 is 15.2 Å². The molecule has 20 heavy (non-hydrogen) atoms. The third-order valence-electron chi connectivity index (χ3n) is 2.79. The Morgan fingerprint density at radius 1 is 1.20 bits per heavy atom. The Morgan fingerprint density at radius 2 is 1.90 bits per heavy atom. The largest absolute Gasteiger partial charge is 0.493 e. The number of hydrogen-bond donors (Lipinski definition) is 1. The van der Waals surface area contributed by atoms with E-state index in [9.17, 15) is 10.1 Å². The summed E-state index contributed by atoms with van der Waals surface area (Å²) in [6, 6.07) is 11.4. The highest BCUT2D eigenvalue weighted by molar-refractivity contribution is 5.52. The van der Waals surface area contributed by atoms with Gasteiger partial charge in [0.25, 0.3) is 5.69 Å². The standard InChI is InChI=1S/C14H14N2O4/c1-19-13-4-2-3-5-14(13)20-9-10-8-11(16(17)18)6-7-12(10)15/h2-8H,9,15H2,1H3. The van der Waals surface area contributed by atoms with Crippen LogP contribution in [0.1, 0.15) is 5.56 Å². The highest BCUT2D eigenvalue weighted by atomic mass is 16.6. The SMILES string of the molecule is COc1ccccc1OCc1cc([N+](=O)[O-])ccc1N. The van der Waals surface area contributed by atoms with Crippen molar-refractivity contribution in [3.05, 3.63) is 58.1 Å². The number of anilines is 1. The lowest BCUT2D eigenvalue weighted by atomic mass is 10.1. The maximum absolute atomic E-state index is 10.7. The van der Waals surface area contributed by atoms with Crippen LogP contribution in [0, 0.1) is 10.1 Å². The molecule has 2 aromatic rings. The van der Waals surface area contributed by atoms with Crippen molar-refractivity contribution >= 4 is 11.4 Å². The van der Waals surface area contributed by atoms with Gasteiger partial charge in [-0.1, -0.05) is 12.1 Å². The molecule has 0 aliphatic carbocycles. The highest BCUT2D eigenvalue weighted by Gasteiger charge is 2.10. The summed E-state index contributed by atoms with van der Waals surface area (Å²) in [5.41, 5.74) is 6.78. The van der Waals surface area contributed by atoms with Gasteiger partial charge in [0.15, 0.2) is 11.5 Å². The van der Waals surface area contributed by atoms with E-state index in [0.29, 0.717) is 22.7 Å². The number of benzene rings is 2. The molecule has 0 heterocycles. The zero-order chi connectivity index (χ0) is 14.5. The van der Waals surface area contributed by atoms with Crippen LogP contribution >= 0.6 is 0 Å². The molecule has 0 saturated carbocycles. The minimum Gasteiger partial charge on any atom is -0.493 e. The Bertz CT molecular complexity index is 628. The summed E-state index contributed by atoms with van der Waals surface area (Å²) in [7, 11) is 1.55. The Hall–Kier alpha value is -2.76. The molecule has 0 spiro atoms. The van der Waals surface area contributed by atoms with E-state index in [2.05, 4.69) is 0 Å². The molecule has 104 valence electrons. The van der Waals surface area contributed by atoms with Crippen LogP contribution in [0.5, 0.6) is 11.5 Å². The Balaban J connectivity index is 2.18. The van der Waals surface area contributed by atoms with Crippen molar-refractivity contribution in [3.8, 4) is 11.5 Å². The van der Waals surface area contributed by atoms with Crippen LogP contribution in [0.3, 0.4) is 0 Å². The van der Waals surface area contributed by atoms with Gasteiger partial charge in [0.05, 0.1) is 12.0 Å². The van der Waals surface area contributed by atoms with Crippen molar-refractivity contribution in [3.63, 3.8) is 0 Å². The second-order valence-corrected chi connectivity index (χ2v) is 4.08. The number of rotatable bonds is 5. The van der Waals surface area contributed by atoms with Crippen molar-refractivity contribution in [2.75, 3.05) is 12.8 Å². The summed E-state index contributed by atoms with van der Waals surface area (Å²) in [5, 5.41) is 10.7. The fourth-order valence-electron chi connectivity index (χ4n) is 1.72. The first-order chi connectivity index (χ1) is 9.61. The zero-order valence-corrected chi connectivity index (χ0v) is 10.9. The number of nitro groups is 1. The first kappa shape index (κ1) is 13.7. The van der Waals surface area contributed by atoms with Crippen molar-refractivity contribution in [2.45, 2.75) is 6.61 Å². The molecule has 2 N–H and O–H groups in total. The summed E-state index contributed by atoms with van der Waals surface area (Å²) in [6.45, 7) is 0.133. The normalized spacial score (nSPS) is 10.1. The summed E-state index contributed by atoms with van der Waals surface area (Å²) >= 11 is 0. The number of methoxy groups -OCH3 is 1. The fraction of sp³-hybridized carbons (Fsp3) is 0.143. The first-order valence-corrected chi connectivity index (χ1v) is 5.90. The van der Waals surface area contributed by atoms with Gasteiger partial charge < -0.3 is 15.2 Å². The topological polar surface area (TPSA) is 87.6 Å². The number of hydrogen-bond acceptors (Lipinski definition) is 5. The number of nitrogen functional groups attached to an aromatic ring is 1. The van der Waals surface area contributed by atoms with E-state index in [1.165, 1.54) is 18.2 Å². The molecule has 0 aliphatic heterocycles. The Morgan fingerprint density at radius 3 is 2.55 bits per heavy atom. The molecule has 0 aromatic heterocycles. The summed E-state index contributed by atoms with van der Waals surface area (Å²) < 4.78 is 10.8. The minimum absolute atomic E-state index is 0.0159. The molecule has 2 aromatic carbocycles. The number of nitrogens with zero attached hydrogens (tertiary/aromatic N) is 1. The lowest BCUT2D eigenvalue weighted by Crippen LogP contribution is -2.02. The van der Waals surface area contributed by atoms with Gasteiger partial charge in [-0.15, -0.1) is 0 Å². The predicted octanol–water partition coefficient (Wildman–Crippen LogP) is 2.76. The molecule has 0 radical (unpaired) electrons. The maximum atomic E-state index is 10.7. The van der Waals surface area contributed by atoms with Crippen molar-refractivity contribution < 1.29 is 14.4 Å². The minimum atomic E-state index is -0.466. The first-order valence-electron chi connectivity index (χ1n) is 5.90. The Kier molecular flexibility index (Phi) is 4.05. The van der Waals surface area contributed by atoms with E-state index in [0.717, 1.165) is 0 Å². The molecular formula is C14H14N2O4. The van der Waals surface area contributed by atoms with E-state index in [1.54, 1.807) is 19.2 Å². The van der Waals surface area contributed by atoms with Crippen molar-refractivity contribution in [1.82, 2.24) is 0 Å². The fourth-order valence-corrected chi connectivity index (χ4v) is 1.72. The van der Waals surface area contributed by atoms with Crippen LogP contribution in [0.2, 0.25) is 0 Å². The van der Waals surface area contributed by atoms with Crippen LogP contribution in [0.25, 0.3) is 0 Å². The highest BCUT2D eigenvalue weighted by Crippen LogP contribution is 2.28. The molecule has 0 amide bonds. The van der Waals surface area contributed by atoms with Gasteiger partial charge in [-0.2, -0.15) is 0 Å². The molecule has 0 saturated heterocycles. The maximum Gasteiger partial charge on any atom is 0.269 e. The molecule has 2 rings (SSSR count). The number of non-ortho nitro benzene ring substituents is 1. The summed E-state index contributed by atoms with van der Waals surface area (Å²) in [6.07, 6.45) is 0. The van der Waals surface area contributed by atoms with Crippen LogP contribution in [-0.4, -0.2) is 12.0 Å². The van der Waals surface area contributed by atoms with E-state index in [1.807, 2.05) is 12.1 Å². The number of nitro benzene ring substituents is 1. The number of nitrogens with two attached hydrogens (primary N) is 1. The van der Waals surface area contributed by atoms with E-state index in [-0.39, 0.29) is 12.3 Å². The van der Waals surface area contributed by atoms with Gasteiger partial charge in [0.1, 0.15) is 6.61 Å². The van der Waals surface area contributed by atoms with Crippen molar-refractivity contribution in [1.29, 1.82) is 0 Å². The number of para-hydroxylation sites is 2. The van der Waals surface area contributed by atoms with Gasteiger partial charge >= 0.3 is 0 Å². The Labute approximate surface area is 115 Å². The molecule has 0 bridgehead atoms. The third kappa shape index (κ3) is 2.97. The lowest BCUT2D eigenvalue weighted by Gasteiger charge is -2.11. The summed E-state index contributed by atoms with van der Waals surface area (Å²) in [5.74, 6) is 1.15. The molecule has 0 fully saturated rings. The third-order valence-corrected chi connectivity index (χ3v) is 2.79. The van der Waals surface area contributed by atoms with Crippen LogP contribution in [0.15, 0.2) is 42.5 Å². The van der Waals surface area contributed by atoms with Crippen LogP contribution in [-0.2, 0) is 6.61 Å². The van der Waals surface area contributed by atoms with Gasteiger partial charge in [-0.05, 0) is 18.2 Å². The predicted molar refractivity (Wildman–Crippen MR) is 74.8 cm³/mol. The van der Waals surface area contributed by atoms with E-state index in [4.69, 9.17) is 15.2 Å². The van der Waals surface area contributed by atoms with Gasteiger partial charge in [0, 0.05) is 23.4 Å². The van der Waals surface area contributed by atoms with Crippen LogP contribution in [0.4, 0.5) is 11.4 Å². The lowest BCUT2D eigenvalue weighted by molar-refractivity contribution is -0.384. The summed E-state index contributed by atoms with van der Waals surface area (Å²) in [4.78, 5) is 10.3. The molecule has 0 atom stereocenters. The van der Waals surface area contributed by atoms with Crippen molar-refractivity contribution in [2.24, 2.45) is 0 Å². The monoisotopic (exact) mass is 274 g/mol. The molecule has 6 nitrogen and oxygen atoms in total. The molecule has 0 aliphatic rings. The smallest absolute Gasteiger partial charge is 0.269 e. The second-order valence-electron chi connectivity index (χ2n) is 4.08. The average molecular weight is 274 g/mol. The zero-order valence-electron chi connectivity index (χ0n) is 10.9. The van der Waals surface area contributed by atoms with Gasteiger partial charge in [-0.3, -0.25) is 10.1 Å². The molecule has 0 unspecified atom stereocenters. The molecular weight excluding hydrogens is 260 g/mol. The van der Waals surface area contributed by atoms with E-state index >= 15 is 0 Å². The number of ether oxygens (including phenoxy) is 2. The molecule has 6 heteroatoms. The van der Waals surface area contributed by atoms with Gasteiger partial charge in [0.2, 0.25) is 0 Å². The quantitative estimate of drug-likeness (QED) is 0.514. The van der Waals surface area contributed by atoms with E-state index < -0.39 is 4.92 Å². The second kappa shape index (κ2) is 5.92. The van der Waals surface area contributed by atoms with Gasteiger partial charge in [-0.25, -0.2) is 0 Å².